The lowest BCUT2D eigenvalue weighted by atomic mass is 9.97. The number of amides is 1. The maximum atomic E-state index is 10.9. The van der Waals surface area contributed by atoms with Crippen LogP contribution in [0.2, 0.25) is 0 Å². The normalized spacial score (nSPS) is 11.3. The Morgan fingerprint density at radius 2 is 2.00 bits per heavy atom. The molecule has 3 N–H and O–H groups in total. The van der Waals surface area contributed by atoms with E-state index in [0.717, 1.165) is 0 Å². The van der Waals surface area contributed by atoms with Gasteiger partial charge in [0.05, 0.1) is 0 Å². The molecule has 0 spiro atoms. The molecular weight excluding hydrogens is 140 g/mol. The van der Waals surface area contributed by atoms with Crippen molar-refractivity contribution in [1.29, 1.82) is 0 Å². The lowest BCUT2D eigenvalue weighted by Crippen LogP contribution is -2.33. The summed E-state index contributed by atoms with van der Waals surface area (Å²) in [5.74, 6) is 0.0439. The fourth-order valence-electron chi connectivity index (χ4n) is 0.583. The van der Waals surface area contributed by atoms with E-state index in [-0.39, 0.29) is 11.3 Å². The topological polar surface area (TPSA) is 55.1 Å². The van der Waals surface area contributed by atoms with Crippen LogP contribution in [0.15, 0.2) is 0 Å². The average Bonchev–Trinajstić information content (AvgIpc) is 1.83. The van der Waals surface area contributed by atoms with Gasteiger partial charge in [0, 0.05) is 19.5 Å². The summed E-state index contributed by atoms with van der Waals surface area (Å²) < 4.78 is 0. The first-order chi connectivity index (χ1) is 4.95. The number of hydrogen-bond donors (Lipinski definition) is 2. The van der Waals surface area contributed by atoms with E-state index in [1.54, 1.807) is 0 Å². The predicted octanol–water partition coefficient (Wildman–Crippen LogP) is 0.497. The zero-order valence-electron chi connectivity index (χ0n) is 7.61. The summed E-state index contributed by atoms with van der Waals surface area (Å²) >= 11 is 0. The molecule has 11 heavy (non-hydrogen) atoms. The highest BCUT2D eigenvalue weighted by Crippen LogP contribution is 2.09. The number of nitrogens with two attached hydrogens (primary N) is 1. The van der Waals surface area contributed by atoms with E-state index < -0.39 is 0 Å². The molecule has 0 unspecified atom stereocenters. The van der Waals surface area contributed by atoms with Crippen LogP contribution in [0, 0.1) is 5.41 Å². The first-order valence-corrected chi connectivity index (χ1v) is 3.92. The highest BCUT2D eigenvalue weighted by molar-refractivity contribution is 5.76. The molecule has 0 bridgehead atoms. The van der Waals surface area contributed by atoms with Crippen molar-refractivity contribution in [2.75, 3.05) is 13.1 Å². The van der Waals surface area contributed by atoms with Crippen LogP contribution >= 0.6 is 0 Å². The second kappa shape index (κ2) is 4.34. The van der Waals surface area contributed by atoms with Gasteiger partial charge in [0.25, 0.3) is 0 Å². The molecule has 0 aromatic carbocycles. The van der Waals surface area contributed by atoms with Crippen LogP contribution in [-0.4, -0.2) is 19.0 Å². The molecule has 0 aliphatic carbocycles. The summed E-state index contributed by atoms with van der Waals surface area (Å²) in [5, 5.41) is 2.80. The molecule has 0 saturated carbocycles. The van der Waals surface area contributed by atoms with Crippen LogP contribution in [0.3, 0.4) is 0 Å². The van der Waals surface area contributed by atoms with E-state index in [1.807, 2.05) is 0 Å². The van der Waals surface area contributed by atoms with E-state index in [1.165, 1.54) is 0 Å². The van der Waals surface area contributed by atoms with E-state index in [4.69, 9.17) is 5.73 Å². The molecule has 0 rings (SSSR count). The molecule has 0 heterocycles. The van der Waals surface area contributed by atoms with Crippen molar-refractivity contribution in [3.8, 4) is 0 Å². The van der Waals surface area contributed by atoms with Crippen LogP contribution < -0.4 is 11.1 Å². The van der Waals surface area contributed by atoms with Crippen LogP contribution in [-0.2, 0) is 4.79 Å². The summed E-state index contributed by atoms with van der Waals surface area (Å²) in [6.45, 7) is 7.38. The second-order valence-electron chi connectivity index (χ2n) is 3.88. The van der Waals surface area contributed by atoms with Gasteiger partial charge in [-0.25, -0.2) is 0 Å². The van der Waals surface area contributed by atoms with Gasteiger partial charge in [-0.1, -0.05) is 20.8 Å². The monoisotopic (exact) mass is 158 g/mol. The summed E-state index contributed by atoms with van der Waals surface area (Å²) in [5.41, 5.74) is 5.36. The molecule has 0 aliphatic heterocycles. The highest BCUT2D eigenvalue weighted by Gasteiger charge is 2.10. The van der Waals surface area contributed by atoms with Crippen molar-refractivity contribution in [2.45, 2.75) is 27.2 Å². The van der Waals surface area contributed by atoms with Gasteiger partial charge in [-0.05, 0) is 5.41 Å². The molecule has 0 aromatic rings. The Labute approximate surface area is 68.3 Å². The lowest BCUT2D eigenvalue weighted by Gasteiger charge is -2.18. The lowest BCUT2D eigenvalue weighted by molar-refractivity contribution is -0.121. The van der Waals surface area contributed by atoms with Gasteiger partial charge in [0.1, 0.15) is 0 Å². The molecular formula is C8H18N2O. The Morgan fingerprint density at radius 1 is 1.45 bits per heavy atom. The van der Waals surface area contributed by atoms with Crippen molar-refractivity contribution in [3.05, 3.63) is 0 Å². The molecule has 66 valence electrons. The fraction of sp³-hybridized carbons (Fsp3) is 0.875. The van der Waals surface area contributed by atoms with Crippen molar-refractivity contribution in [3.63, 3.8) is 0 Å². The SMILES string of the molecule is CC(C)(C)CNC(=O)CCN. The van der Waals surface area contributed by atoms with Gasteiger partial charge < -0.3 is 11.1 Å². The molecule has 1 amide bonds. The maximum Gasteiger partial charge on any atom is 0.221 e. The van der Waals surface area contributed by atoms with Crippen molar-refractivity contribution in [1.82, 2.24) is 5.32 Å². The minimum atomic E-state index is 0.0439. The van der Waals surface area contributed by atoms with Crippen molar-refractivity contribution >= 4 is 5.91 Å². The standard InChI is InChI=1S/C8H18N2O/c1-8(2,3)6-10-7(11)4-5-9/h4-6,9H2,1-3H3,(H,10,11). The summed E-state index contributed by atoms with van der Waals surface area (Å²) in [4.78, 5) is 10.9. The molecule has 3 heteroatoms. The van der Waals surface area contributed by atoms with Crippen molar-refractivity contribution in [2.24, 2.45) is 11.1 Å². The van der Waals surface area contributed by atoms with Gasteiger partial charge in [-0.2, -0.15) is 0 Å². The van der Waals surface area contributed by atoms with Gasteiger partial charge >= 0.3 is 0 Å². The number of rotatable bonds is 3. The largest absolute Gasteiger partial charge is 0.356 e. The van der Waals surface area contributed by atoms with Crippen LogP contribution in [0.4, 0.5) is 0 Å². The third-order valence-electron chi connectivity index (χ3n) is 1.19. The first-order valence-electron chi connectivity index (χ1n) is 3.92. The molecule has 0 aromatic heterocycles. The average molecular weight is 158 g/mol. The molecule has 0 saturated heterocycles. The minimum Gasteiger partial charge on any atom is -0.356 e. The number of carbonyl (C=O) groups is 1. The van der Waals surface area contributed by atoms with Gasteiger partial charge in [0.2, 0.25) is 5.91 Å². The van der Waals surface area contributed by atoms with Crippen LogP contribution in [0.1, 0.15) is 27.2 Å². The van der Waals surface area contributed by atoms with E-state index >= 15 is 0 Å². The smallest absolute Gasteiger partial charge is 0.221 e. The summed E-state index contributed by atoms with van der Waals surface area (Å²) in [7, 11) is 0. The van der Waals surface area contributed by atoms with E-state index in [9.17, 15) is 4.79 Å². The zero-order chi connectivity index (χ0) is 8.91. The molecule has 0 atom stereocenters. The van der Waals surface area contributed by atoms with Crippen LogP contribution in [0.25, 0.3) is 0 Å². The predicted molar refractivity (Wildman–Crippen MR) is 46.1 cm³/mol. The molecule has 0 aliphatic rings. The minimum absolute atomic E-state index is 0.0439. The van der Waals surface area contributed by atoms with E-state index in [0.29, 0.717) is 19.5 Å². The summed E-state index contributed by atoms with van der Waals surface area (Å²) in [6.07, 6.45) is 0.427. The quantitative estimate of drug-likeness (QED) is 0.628. The third kappa shape index (κ3) is 7.33. The number of hydrogen-bond acceptors (Lipinski definition) is 2. The molecule has 3 nitrogen and oxygen atoms in total. The Bertz CT molecular complexity index is 127. The zero-order valence-corrected chi connectivity index (χ0v) is 7.61. The fourth-order valence-corrected chi connectivity index (χ4v) is 0.583. The Kier molecular flexibility index (Phi) is 4.11. The number of carbonyl (C=O) groups excluding carboxylic acids is 1. The Morgan fingerprint density at radius 3 is 2.36 bits per heavy atom. The van der Waals surface area contributed by atoms with Gasteiger partial charge in [-0.15, -0.1) is 0 Å². The first kappa shape index (κ1) is 10.4. The van der Waals surface area contributed by atoms with E-state index in [2.05, 4.69) is 26.1 Å². The second-order valence-corrected chi connectivity index (χ2v) is 3.88. The van der Waals surface area contributed by atoms with Gasteiger partial charge in [0.15, 0.2) is 0 Å². The number of nitrogens with one attached hydrogen (secondary N) is 1. The summed E-state index contributed by atoms with van der Waals surface area (Å²) in [6, 6.07) is 0. The van der Waals surface area contributed by atoms with Crippen molar-refractivity contribution < 1.29 is 4.79 Å². The third-order valence-corrected chi connectivity index (χ3v) is 1.19. The Hall–Kier alpha value is -0.570. The Balaban J connectivity index is 3.46. The highest BCUT2D eigenvalue weighted by atomic mass is 16.1. The molecule has 0 fully saturated rings. The van der Waals surface area contributed by atoms with Crippen LogP contribution in [0.5, 0.6) is 0 Å². The molecule has 0 radical (unpaired) electrons. The van der Waals surface area contributed by atoms with Gasteiger partial charge in [-0.3, -0.25) is 4.79 Å². The maximum absolute atomic E-state index is 10.9.